The number of rotatable bonds is 4. The van der Waals surface area contributed by atoms with Gasteiger partial charge in [0.1, 0.15) is 11.3 Å². The van der Waals surface area contributed by atoms with E-state index < -0.39 is 0 Å². The van der Waals surface area contributed by atoms with Gasteiger partial charge in [-0.25, -0.2) is 9.37 Å². The summed E-state index contributed by atoms with van der Waals surface area (Å²) >= 11 is 1.32. The highest BCUT2D eigenvalue weighted by Crippen LogP contribution is 2.33. The second kappa shape index (κ2) is 5.64. The molecule has 3 nitrogen and oxygen atoms in total. The number of halogens is 1. The maximum absolute atomic E-state index is 13.8. The second-order valence-electron chi connectivity index (χ2n) is 4.30. The van der Waals surface area contributed by atoms with Crippen molar-refractivity contribution in [2.24, 2.45) is 5.73 Å². The van der Waals surface area contributed by atoms with Crippen LogP contribution in [0.5, 0.6) is 0 Å². The van der Waals surface area contributed by atoms with Gasteiger partial charge in [-0.3, -0.25) is 0 Å². The Bertz CT molecular complexity index is 709. The van der Waals surface area contributed by atoms with Crippen molar-refractivity contribution in [2.45, 2.75) is 16.5 Å². The van der Waals surface area contributed by atoms with E-state index in [1.54, 1.807) is 6.07 Å². The predicted molar refractivity (Wildman–Crippen MR) is 77.3 cm³/mol. The normalized spacial score (nSPS) is 11.1. The van der Waals surface area contributed by atoms with Gasteiger partial charge in [0.15, 0.2) is 5.58 Å². The summed E-state index contributed by atoms with van der Waals surface area (Å²) < 4.78 is 19.5. The first-order valence-electron chi connectivity index (χ1n) is 6.29. The number of fused-ring (bicyclic) bond motifs is 1. The minimum Gasteiger partial charge on any atom is -0.431 e. The lowest BCUT2D eigenvalue weighted by molar-refractivity contribution is 0.489. The van der Waals surface area contributed by atoms with E-state index in [1.807, 2.05) is 30.3 Å². The van der Waals surface area contributed by atoms with Gasteiger partial charge in [0.25, 0.3) is 5.22 Å². The van der Waals surface area contributed by atoms with Crippen molar-refractivity contribution in [1.82, 2.24) is 4.98 Å². The van der Waals surface area contributed by atoms with Gasteiger partial charge in [-0.15, -0.1) is 0 Å². The second-order valence-corrected chi connectivity index (χ2v) is 5.30. The van der Waals surface area contributed by atoms with Gasteiger partial charge in [-0.05, 0) is 49.0 Å². The quantitative estimate of drug-likeness (QED) is 0.796. The lowest BCUT2D eigenvalue weighted by Crippen LogP contribution is -2.05. The van der Waals surface area contributed by atoms with Gasteiger partial charge < -0.3 is 10.2 Å². The van der Waals surface area contributed by atoms with Crippen LogP contribution in [-0.2, 0) is 6.42 Å². The standard InChI is InChI=1S/C15H13FN2OS/c16-11-4-3-7-14(10(11)8-9-17)20-15-18-12-5-1-2-6-13(12)19-15/h1-7H,8-9,17H2. The first-order valence-corrected chi connectivity index (χ1v) is 7.10. The van der Waals surface area contributed by atoms with Crippen molar-refractivity contribution in [2.75, 3.05) is 6.54 Å². The number of aromatic nitrogens is 1. The molecule has 3 rings (SSSR count). The molecule has 2 aromatic carbocycles. The van der Waals surface area contributed by atoms with E-state index in [0.29, 0.717) is 23.8 Å². The summed E-state index contributed by atoms with van der Waals surface area (Å²) in [5, 5.41) is 0.509. The van der Waals surface area contributed by atoms with Crippen LogP contribution in [-0.4, -0.2) is 11.5 Å². The van der Waals surface area contributed by atoms with Crippen molar-refractivity contribution < 1.29 is 8.81 Å². The minimum absolute atomic E-state index is 0.239. The number of benzene rings is 2. The molecule has 0 aliphatic carbocycles. The van der Waals surface area contributed by atoms with Crippen LogP contribution >= 0.6 is 11.8 Å². The Morgan fingerprint density at radius 3 is 2.80 bits per heavy atom. The third-order valence-electron chi connectivity index (χ3n) is 2.94. The molecule has 0 aliphatic heterocycles. The molecule has 0 fully saturated rings. The van der Waals surface area contributed by atoms with Crippen LogP contribution in [0.25, 0.3) is 11.1 Å². The van der Waals surface area contributed by atoms with Crippen LogP contribution in [0.2, 0.25) is 0 Å². The summed E-state index contributed by atoms with van der Waals surface area (Å²) in [6, 6.07) is 12.5. The zero-order valence-electron chi connectivity index (χ0n) is 10.7. The molecular weight excluding hydrogens is 275 g/mol. The SMILES string of the molecule is NCCc1c(F)cccc1Sc1nc2ccccc2o1. The van der Waals surface area contributed by atoms with Crippen molar-refractivity contribution in [1.29, 1.82) is 0 Å². The van der Waals surface area contributed by atoms with Gasteiger partial charge >= 0.3 is 0 Å². The molecule has 0 radical (unpaired) electrons. The number of hydrogen-bond donors (Lipinski definition) is 1. The Labute approximate surface area is 120 Å². The van der Waals surface area contributed by atoms with Crippen molar-refractivity contribution in [3.8, 4) is 0 Å². The number of nitrogens with zero attached hydrogens (tertiary/aromatic N) is 1. The molecule has 0 saturated carbocycles. The van der Waals surface area contributed by atoms with E-state index in [0.717, 1.165) is 16.0 Å². The minimum atomic E-state index is -0.239. The lowest BCUT2D eigenvalue weighted by Gasteiger charge is -2.07. The van der Waals surface area contributed by atoms with Gasteiger partial charge in [0, 0.05) is 10.5 Å². The van der Waals surface area contributed by atoms with Crippen molar-refractivity contribution >= 4 is 22.9 Å². The Balaban J connectivity index is 1.96. The fourth-order valence-corrected chi connectivity index (χ4v) is 2.94. The average Bonchev–Trinajstić information content (AvgIpc) is 2.85. The molecule has 0 saturated heterocycles. The molecule has 0 aliphatic rings. The summed E-state index contributed by atoms with van der Waals surface area (Å²) in [5.41, 5.74) is 7.68. The van der Waals surface area contributed by atoms with Crippen LogP contribution in [0, 0.1) is 5.82 Å². The molecule has 1 heterocycles. The smallest absolute Gasteiger partial charge is 0.261 e. The summed E-state index contributed by atoms with van der Waals surface area (Å²) in [4.78, 5) is 5.18. The maximum atomic E-state index is 13.8. The Morgan fingerprint density at radius 2 is 2.00 bits per heavy atom. The molecule has 0 bridgehead atoms. The Hall–Kier alpha value is -1.85. The molecule has 1 aromatic heterocycles. The maximum Gasteiger partial charge on any atom is 0.261 e. The fraction of sp³-hybridized carbons (Fsp3) is 0.133. The third-order valence-corrected chi connectivity index (χ3v) is 3.89. The molecule has 2 N–H and O–H groups in total. The predicted octanol–water partition coefficient (Wildman–Crippen LogP) is 3.62. The van der Waals surface area contributed by atoms with Gasteiger partial charge in [0.2, 0.25) is 0 Å². The average molecular weight is 288 g/mol. The van der Waals surface area contributed by atoms with Crippen LogP contribution in [0.15, 0.2) is 57.0 Å². The molecule has 20 heavy (non-hydrogen) atoms. The lowest BCUT2D eigenvalue weighted by atomic mass is 10.1. The highest BCUT2D eigenvalue weighted by molar-refractivity contribution is 7.99. The summed E-state index contributed by atoms with van der Waals surface area (Å²) in [7, 11) is 0. The van der Waals surface area contributed by atoms with E-state index in [4.69, 9.17) is 10.2 Å². The summed E-state index contributed by atoms with van der Waals surface area (Å²) in [6.07, 6.45) is 0.495. The third kappa shape index (κ3) is 2.55. The van der Waals surface area contributed by atoms with Gasteiger partial charge in [0.05, 0.1) is 0 Å². The monoisotopic (exact) mass is 288 g/mol. The van der Waals surface area contributed by atoms with E-state index in [9.17, 15) is 4.39 Å². The fourth-order valence-electron chi connectivity index (χ4n) is 2.01. The number of oxazole rings is 1. The van der Waals surface area contributed by atoms with E-state index >= 15 is 0 Å². The molecule has 0 amide bonds. The molecule has 3 aromatic rings. The van der Waals surface area contributed by atoms with Crippen LogP contribution in [0.1, 0.15) is 5.56 Å². The Kier molecular flexibility index (Phi) is 3.71. The zero-order valence-corrected chi connectivity index (χ0v) is 11.5. The topological polar surface area (TPSA) is 52.0 Å². The van der Waals surface area contributed by atoms with Crippen molar-refractivity contribution in [3.63, 3.8) is 0 Å². The largest absolute Gasteiger partial charge is 0.431 e. The van der Waals surface area contributed by atoms with Gasteiger partial charge in [-0.2, -0.15) is 0 Å². The van der Waals surface area contributed by atoms with Crippen molar-refractivity contribution in [3.05, 3.63) is 53.8 Å². The number of hydrogen-bond acceptors (Lipinski definition) is 4. The van der Waals surface area contributed by atoms with Crippen LogP contribution < -0.4 is 5.73 Å². The molecule has 0 atom stereocenters. The molecule has 0 unspecified atom stereocenters. The van der Waals surface area contributed by atoms with Gasteiger partial charge in [-0.1, -0.05) is 18.2 Å². The number of nitrogens with two attached hydrogens (primary N) is 1. The highest BCUT2D eigenvalue weighted by atomic mass is 32.2. The van der Waals surface area contributed by atoms with E-state index in [-0.39, 0.29) is 5.82 Å². The zero-order chi connectivity index (χ0) is 13.9. The molecular formula is C15H13FN2OS. The molecule has 102 valence electrons. The highest BCUT2D eigenvalue weighted by Gasteiger charge is 2.12. The first kappa shape index (κ1) is 13.1. The molecule has 5 heteroatoms. The van der Waals surface area contributed by atoms with Crippen LogP contribution in [0.3, 0.4) is 0 Å². The summed E-state index contributed by atoms with van der Waals surface area (Å²) in [5.74, 6) is -0.239. The molecule has 0 spiro atoms. The summed E-state index contributed by atoms with van der Waals surface area (Å²) in [6.45, 7) is 0.405. The first-order chi connectivity index (χ1) is 9.78. The number of para-hydroxylation sites is 2. The van der Waals surface area contributed by atoms with E-state index in [1.165, 1.54) is 17.8 Å². The van der Waals surface area contributed by atoms with Crippen LogP contribution in [0.4, 0.5) is 4.39 Å². The van der Waals surface area contributed by atoms with E-state index in [2.05, 4.69) is 4.98 Å². The Morgan fingerprint density at radius 1 is 1.15 bits per heavy atom.